The molecule has 1 aromatic carbocycles. The summed E-state index contributed by atoms with van der Waals surface area (Å²) >= 11 is 0. The van der Waals surface area contributed by atoms with Crippen molar-refractivity contribution in [3.05, 3.63) is 35.9 Å². The molecule has 0 aliphatic carbocycles. The first-order valence-corrected chi connectivity index (χ1v) is 7.69. The van der Waals surface area contributed by atoms with Gasteiger partial charge in [-0.15, -0.1) is 0 Å². The second-order valence-electron chi connectivity index (χ2n) is 5.76. The van der Waals surface area contributed by atoms with Crippen LogP contribution in [-0.2, 0) is 0 Å². The Hall–Kier alpha value is -1.59. The van der Waals surface area contributed by atoms with Crippen LogP contribution < -0.4 is 11.1 Å². The van der Waals surface area contributed by atoms with Crippen LogP contribution in [0.3, 0.4) is 0 Å². The highest BCUT2D eigenvalue weighted by Crippen LogP contribution is 2.17. The maximum atomic E-state index is 8.81. The first-order valence-electron chi connectivity index (χ1n) is 7.69. The van der Waals surface area contributed by atoms with Crippen molar-refractivity contribution in [2.75, 3.05) is 19.6 Å². The molecule has 4 N–H and O–H groups in total. The Balaban J connectivity index is 1.95. The Labute approximate surface area is 126 Å². The van der Waals surface area contributed by atoms with E-state index in [0.29, 0.717) is 12.5 Å². The van der Waals surface area contributed by atoms with Gasteiger partial charge in [-0.25, -0.2) is 0 Å². The van der Waals surface area contributed by atoms with Gasteiger partial charge in [0.25, 0.3) is 0 Å². The van der Waals surface area contributed by atoms with Crippen LogP contribution in [0.5, 0.6) is 0 Å². The number of benzene rings is 1. The second kappa shape index (κ2) is 8.00. The quantitative estimate of drug-likeness (QED) is 0.310. The third-order valence-electron chi connectivity index (χ3n) is 4.17. The Morgan fingerprint density at radius 1 is 1.33 bits per heavy atom. The molecule has 0 radical (unpaired) electrons. The van der Waals surface area contributed by atoms with Crippen LogP contribution in [0, 0.1) is 0 Å². The molecule has 0 aromatic heterocycles. The molecule has 21 heavy (non-hydrogen) atoms. The topological polar surface area (TPSA) is 73.9 Å². The molecule has 0 saturated carbocycles. The predicted octanol–water partition coefficient (Wildman–Crippen LogP) is 1.94. The van der Waals surface area contributed by atoms with Gasteiger partial charge in [0, 0.05) is 25.0 Å². The van der Waals surface area contributed by atoms with Crippen molar-refractivity contribution < 1.29 is 5.21 Å². The molecule has 1 aromatic rings. The predicted molar refractivity (Wildman–Crippen MR) is 85.5 cm³/mol. The molecule has 2 unspecified atom stereocenters. The summed E-state index contributed by atoms with van der Waals surface area (Å²) in [5, 5.41) is 15.5. The Bertz CT molecular complexity index is 443. The van der Waals surface area contributed by atoms with E-state index in [-0.39, 0.29) is 11.9 Å². The fourth-order valence-electron chi connectivity index (χ4n) is 2.87. The number of hydrogen-bond donors (Lipinski definition) is 3. The molecule has 2 atom stereocenters. The van der Waals surface area contributed by atoms with E-state index in [1.165, 1.54) is 25.9 Å². The minimum Gasteiger partial charge on any atom is -0.409 e. The monoisotopic (exact) mass is 290 g/mol. The van der Waals surface area contributed by atoms with E-state index >= 15 is 0 Å². The molecule has 2 rings (SSSR count). The number of amidine groups is 1. The second-order valence-corrected chi connectivity index (χ2v) is 5.76. The van der Waals surface area contributed by atoms with Crippen molar-refractivity contribution in [2.45, 2.75) is 38.3 Å². The molecule has 5 nitrogen and oxygen atoms in total. The van der Waals surface area contributed by atoms with E-state index < -0.39 is 0 Å². The zero-order chi connectivity index (χ0) is 15.1. The van der Waals surface area contributed by atoms with Crippen LogP contribution in [0.25, 0.3) is 0 Å². The third-order valence-corrected chi connectivity index (χ3v) is 4.17. The molecule has 116 valence electrons. The van der Waals surface area contributed by atoms with Crippen molar-refractivity contribution in [1.82, 2.24) is 10.2 Å². The normalized spacial score (nSPS) is 19.6. The van der Waals surface area contributed by atoms with Crippen LogP contribution in [0.2, 0.25) is 0 Å². The number of nitrogens with two attached hydrogens (primary N) is 1. The lowest BCUT2D eigenvalue weighted by Crippen LogP contribution is -2.40. The molecule has 1 aliphatic heterocycles. The molecule has 5 heteroatoms. The summed E-state index contributed by atoms with van der Waals surface area (Å²) in [5.74, 6) is 0.255. The highest BCUT2D eigenvalue weighted by Gasteiger charge is 2.20. The van der Waals surface area contributed by atoms with Gasteiger partial charge in [-0.2, -0.15) is 0 Å². The number of likely N-dealkylation sites (tertiary alicyclic amines) is 1. The molecule has 0 amide bonds. The van der Waals surface area contributed by atoms with E-state index in [1.807, 2.05) is 18.2 Å². The maximum absolute atomic E-state index is 8.81. The summed E-state index contributed by atoms with van der Waals surface area (Å²) in [6.07, 6.45) is 3.11. The lowest BCUT2D eigenvalue weighted by Gasteiger charge is -2.27. The standard InChI is InChI=1S/C16H26N4O/c1-13(20-9-5-6-10-20)12-18-15(11-16(17)19-21)14-7-3-2-4-8-14/h2-4,7-8,13,15,18,21H,5-6,9-12H2,1H3,(H2,17,19). The van der Waals surface area contributed by atoms with E-state index in [4.69, 9.17) is 10.9 Å². The molecule has 1 aliphatic rings. The largest absolute Gasteiger partial charge is 0.409 e. The number of rotatable bonds is 7. The van der Waals surface area contributed by atoms with Gasteiger partial charge in [0.1, 0.15) is 5.84 Å². The molecular weight excluding hydrogens is 264 g/mol. The van der Waals surface area contributed by atoms with E-state index in [9.17, 15) is 0 Å². The molecule has 1 fully saturated rings. The molecule has 1 heterocycles. The van der Waals surface area contributed by atoms with Gasteiger partial charge in [0.15, 0.2) is 0 Å². The van der Waals surface area contributed by atoms with Crippen LogP contribution >= 0.6 is 0 Å². The summed E-state index contributed by atoms with van der Waals surface area (Å²) in [4.78, 5) is 2.51. The summed E-state index contributed by atoms with van der Waals surface area (Å²) < 4.78 is 0. The lowest BCUT2D eigenvalue weighted by atomic mass is 10.0. The maximum Gasteiger partial charge on any atom is 0.141 e. The summed E-state index contributed by atoms with van der Waals surface area (Å²) in [6.45, 7) is 5.54. The van der Waals surface area contributed by atoms with Gasteiger partial charge in [0.2, 0.25) is 0 Å². The molecule has 0 spiro atoms. The van der Waals surface area contributed by atoms with E-state index in [1.54, 1.807) is 0 Å². The fraction of sp³-hybridized carbons (Fsp3) is 0.562. The van der Waals surface area contributed by atoms with Crippen molar-refractivity contribution in [1.29, 1.82) is 0 Å². The molecule has 1 saturated heterocycles. The average molecular weight is 290 g/mol. The summed E-state index contributed by atoms with van der Waals surface area (Å²) in [7, 11) is 0. The summed E-state index contributed by atoms with van der Waals surface area (Å²) in [5.41, 5.74) is 6.85. The first-order chi connectivity index (χ1) is 10.2. The molecular formula is C16H26N4O. The zero-order valence-corrected chi connectivity index (χ0v) is 12.7. The van der Waals surface area contributed by atoms with Crippen LogP contribution in [0.1, 0.15) is 37.8 Å². The first kappa shape index (κ1) is 15.8. The van der Waals surface area contributed by atoms with Gasteiger partial charge in [0.05, 0.1) is 0 Å². The van der Waals surface area contributed by atoms with Gasteiger partial charge in [-0.3, -0.25) is 4.90 Å². The Kier molecular flexibility index (Phi) is 6.02. The Morgan fingerprint density at radius 2 is 2.00 bits per heavy atom. The lowest BCUT2D eigenvalue weighted by molar-refractivity contribution is 0.246. The van der Waals surface area contributed by atoms with Gasteiger partial charge in [-0.1, -0.05) is 35.5 Å². The fourth-order valence-corrected chi connectivity index (χ4v) is 2.87. The average Bonchev–Trinajstić information content (AvgIpc) is 3.06. The van der Waals surface area contributed by atoms with Crippen molar-refractivity contribution in [3.63, 3.8) is 0 Å². The van der Waals surface area contributed by atoms with Crippen molar-refractivity contribution >= 4 is 5.84 Å². The van der Waals surface area contributed by atoms with Gasteiger partial charge < -0.3 is 16.3 Å². The summed E-state index contributed by atoms with van der Waals surface area (Å²) in [6, 6.07) is 10.8. The van der Waals surface area contributed by atoms with Gasteiger partial charge in [-0.05, 0) is 38.4 Å². The number of nitrogens with one attached hydrogen (secondary N) is 1. The smallest absolute Gasteiger partial charge is 0.141 e. The zero-order valence-electron chi connectivity index (χ0n) is 12.7. The van der Waals surface area contributed by atoms with Crippen LogP contribution in [0.15, 0.2) is 35.5 Å². The van der Waals surface area contributed by atoms with Gasteiger partial charge >= 0.3 is 0 Å². The Morgan fingerprint density at radius 3 is 2.62 bits per heavy atom. The number of oxime groups is 1. The van der Waals surface area contributed by atoms with Crippen molar-refractivity contribution in [2.24, 2.45) is 10.9 Å². The highest BCUT2D eigenvalue weighted by molar-refractivity contribution is 5.80. The number of nitrogens with zero attached hydrogens (tertiary/aromatic N) is 2. The number of hydrogen-bond acceptors (Lipinski definition) is 4. The van der Waals surface area contributed by atoms with E-state index in [2.05, 4.69) is 34.4 Å². The van der Waals surface area contributed by atoms with E-state index in [0.717, 1.165) is 12.1 Å². The van der Waals surface area contributed by atoms with Crippen LogP contribution in [0.4, 0.5) is 0 Å². The molecule has 0 bridgehead atoms. The SMILES string of the molecule is CC(CNC(C/C(N)=N/O)c1ccccc1)N1CCCC1. The highest BCUT2D eigenvalue weighted by atomic mass is 16.4. The minimum atomic E-state index is 0.0761. The minimum absolute atomic E-state index is 0.0761. The van der Waals surface area contributed by atoms with Crippen molar-refractivity contribution in [3.8, 4) is 0 Å². The third kappa shape index (κ3) is 4.72. The van der Waals surface area contributed by atoms with Crippen LogP contribution in [-0.4, -0.2) is 41.6 Å².